The molecule has 1 atom stereocenters. The van der Waals surface area contributed by atoms with Crippen LogP contribution in [0.15, 0.2) is 0 Å². The maximum absolute atomic E-state index is 11.4. The fourth-order valence-electron chi connectivity index (χ4n) is 2.24. The van der Waals surface area contributed by atoms with Crippen molar-refractivity contribution >= 4 is 11.9 Å². The van der Waals surface area contributed by atoms with Crippen LogP contribution in [0.5, 0.6) is 0 Å². The zero-order valence-corrected chi connectivity index (χ0v) is 11.0. The van der Waals surface area contributed by atoms with E-state index in [0.717, 1.165) is 25.7 Å². The second-order valence-electron chi connectivity index (χ2n) is 4.84. The zero-order chi connectivity index (χ0) is 13.6. The summed E-state index contributed by atoms with van der Waals surface area (Å²) in [7, 11) is 1.28. The van der Waals surface area contributed by atoms with Crippen molar-refractivity contribution in [2.24, 2.45) is 0 Å². The number of amides is 1. The molecule has 0 aromatic heterocycles. The number of carbonyl (C=O) groups is 2. The maximum Gasteiger partial charge on any atom is 0.329 e. The van der Waals surface area contributed by atoms with Crippen molar-refractivity contribution in [2.75, 3.05) is 20.2 Å². The Labute approximate surface area is 107 Å². The lowest BCUT2D eigenvalue weighted by molar-refractivity contribution is -0.144. The normalized spacial score (nSPS) is 19.3. The zero-order valence-electron chi connectivity index (χ0n) is 11.0. The lowest BCUT2D eigenvalue weighted by Crippen LogP contribution is -2.49. The minimum atomic E-state index is -0.711. The van der Waals surface area contributed by atoms with Gasteiger partial charge in [-0.2, -0.15) is 0 Å². The van der Waals surface area contributed by atoms with Crippen LogP contribution in [0.1, 0.15) is 32.6 Å². The Hall–Kier alpha value is -1.14. The first-order chi connectivity index (χ1) is 8.47. The molecule has 3 N–H and O–H groups in total. The minimum Gasteiger partial charge on any atom is -0.467 e. The average molecular weight is 258 g/mol. The molecule has 1 aliphatic rings. The first-order valence-corrected chi connectivity index (χ1v) is 6.25. The van der Waals surface area contributed by atoms with Crippen LogP contribution >= 0.6 is 0 Å². The number of nitrogens with one attached hydrogen (secondary N) is 2. The molecule has 1 aliphatic carbocycles. The maximum atomic E-state index is 11.4. The van der Waals surface area contributed by atoms with Gasteiger partial charge in [-0.05, 0) is 12.8 Å². The van der Waals surface area contributed by atoms with Crippen molar-refractivity contribution in [2.45, 2.75) is 44.2 Å². The van der Waals surface area contributed by atoms with Gasteiger partial charge >= 0.3 is 5.97 Å². The summed E-state index contributed by atoms with van der Waals surface area (Å²) in [5.74, 6) is -0.775. The number of methoxy groups -OCH3 is 1. The van der Waals surface area contributed by atoms with E-state index in [-0.39, 0.29) is 12.5 Å². The topological polar surface area (TPSA) is 87.7 Å². The van der Waals surface area contributed by atoms with E-state index in [1.165, 1.54) is 14.0 Å². The third-order valence-corrected chi connectivity index (χ3v) is 3.20. The number of aliphatic hydroxyl groups is 1. The van der Waals surface area contributed by atoms with Gasteiger partial charge in [0.1, 0.15) is 6.04 Å². The van der Waals surface area contributed by atoms with E-state index in [9.17, 15) is 14.7 Å². The quantitative estimate of drug-likeness (QED) is 0.562. The molecule has 0 radical (unpaired) electrons. The second-order valence-corrected chi connectivity index (χ2v) is 4.84. The van der Waals surface area contributed by atoms with Crippen LogP contribution in [0.25, 0.3) is 0 Å². The molecule has 0 aromatic carbocycles. The van der Waals surface area contributed by atoms with Gasteiger partial charge < -0.3 is 20.5 Å². The van der Waals surface area contributed by atoms with E-state index in [4.69, 9.17) is 0 Å². The van der Waals surface area contributed by atoms with Crippen LogP contribution in [0.3, 0.4) is 0 Å². The minimum absolute atomic E-state index is 0.258. The van der Waals surface area contributed by atoms with Gasteiger partial charge in [-0.15, -0.1) is 0 Å². The van der Waals surface area contributed by atoms with Crippen LogP contribution in [0.4, 0.5) is 0 Å². The van der Waals surface area contributed by atoms with Gasteiger partial charge in [0.05, 0.1) is 12.7 Å². The second kappa shape index (κ2) is 6.70. The van der Waals surface area contributed by atoms with Crippen molar-refractivity contribution in [1.82, 2.24) is 10.6 Å². The summed E-state index contributed by atoms with van der Waals surface area (Å²) < 4.78 is 4.60. The number of hydrogen-bond donors (Lipinski definition) is 3. The molecule has 0 bridgehead atoms. The van der Waals surface area contributed by atoms with Crippen molar-refractivity contribution in [3.63, 3.8) is 0 Å². The Bertz CT molecular complexity index is 300. The number of esters is 1. The van der Waals surface area contributed by atoms with Crippen LogP contribution in [0, 0.1) is 0 Å². The molecule has 0 aromatic rings. The van der Waals surface area contributed by atoms with Crippen LogP contribution in [-0.4, -0.2) is 48.8 Å². The molecule has 1 fully saturated rings. The number of hydrogen-bond acceptors (Lipinski definition) is 5. The van der Waals surface area contributed by atoms with Gasteiger partial charge in [0, 0.05) is 20.0 Å². The van der Waals surface area contributed by atoms with E-state index < -0.39 is 17.6 Å². The number of rotatable bonds is 6. The lowest BCUT2D eigenvalue weighted by atomic mass is 10.0. The monoisotopic (exact) mass is 258 g/mol. The third kappa shape index (κ3) is 4.62. The molecule has 0 heterocycles. The Balaban J connectivity index is 2.36. The molecule has 0 spiro atoms. The molecule has 6 nitrogen and oxygen atoms in total. The van der Waals surface area contributed by atoms with Gasteiger partial charge in [-0.25, -0.2) is 4.79 Å². The van der Waals surface area contributed by atoms with Crippen LogP contribution < -0.4 is 10.6 Å². The van der Waals surface area contributed by atoms with E-state index in [1.807, 2.05) is 0 Å². The summed E-state index contributed by atoms with van der Waals surface area (Å²) in [5.41, 5.74) is -0.670. The Kier molecular flexibility index (Phi) is 5.55. The molecule has 1 rings (SSSR count). The van der Waals surface area contributed by atoms with Gasteiger partial charge in [0.25, 0.3) is 0 Å². The molecule has 0 aliphatic heterocycles. The SMILES string of the molecule is COC(=O)C(CNCC1(O)CCCC1)NC(C)=O. The van der Waals surface area contributed by atoms with E-state index in [2.05, 4.69) is 15.4 Å². The van der Waals surface area contributed by atoms with Crippen molar-refractivity contribution in [3.05, 3.63) is 0 Å². The highest BCUT2D eigenvalue weighted by atomic mass is 16.5. The fraction of sp³-hybridized carbons (Fsp3) is 0.833. The summed E-state index contributed by atoms with van der Waals surface area (Å²) in [6.45, 7) is 2.04. The number of ether oxygens (including phenoxy) is 1. The number of carbonyl (C=O) groups excluding carboxylic acids is 2. The van der Waals surface area contributed by atoms with E-state index in [1.54, 1.807) is 0 Å². The van der Waals surface area contributed by atoms with Crippen molar-refractivity contribution < 1.29 is 19.4 Å². The van der Waals surface area contributed by atoms with Gasteiger partial charge in [-0.3, -0.25) is 4.79 Å². The van der Waals surface area contributed by atoms with Crippen LogP contribution in [-0.2, 0) is 14.3 Å². The molecule has 18 heavy (non-hydrogen) atoms. The molecule has 0 saturated heterocycles. The molecule has 1 unspecified atom stereocenters. The highest BCUT2D eigenvalue weighted by Gasteiger charge is 2.31. The predicted molar refractivity (Wildman–Crippen MR) is 65.9 cm³/mol. The molecule has 6 heteroatoms. The molecule has 1 amide bonds. The Morgan fingerprint density at radius 1 is 1.39 bits per heavy atom. The van der Waals surface area contributed by atoms with Gasteiger partial charge in [0.15, 0.2) is 0 Å². The summed E-state index contributed by atoms with van der Waals surface area (Å²) in [6, 6.07) is -0.711. The highest BCUT2D eigenvalue weighted by Crippen LogP contribution is 2.28. The van der Waals surface area contributed by atoms with Crippen molar-refractivity contribution in [1.29, 1.82) is 0 Å². The molecule has 104 valence electrons. The summed E-state index contributed by atoms with van der Waals surface area (Å²) in [4.78, 5) is 22.4. The van der Waals surface area contributed by atoms with E-state index in [0.29, 0.717) is 6.54 Å². The molecule has 1 saturated carbocycles. The summed E-state index contributed by atoms with van der Waals surface area (Å²) >= 11 is 0. The largest absolute Gasteiger partial charge is 0.467 e. The predicted octanol–water partition coefficient (Wildman–Crippen LogP) is -0.441. The highest BCUT2D eigenvalue weighted by molar-refractivity contribution is 5.83. The first-order valence-electron chi connectivity index (χ1n) is 6.25. The summed E-state index contributed by atoms with van der Waals surface area (Å²) in [6.07, 6.45) is 3.63. The smallest absolute Gasteiger partial charge is 0.329 e. The van der Waals surface area contributed by atoms with Gasteiger partial charge in [0.2, 0.25) is 5.91 Å². The van der Waals surface area contributed by atoms with Crippen molar-refractivity contribution in [3.8, 4) is 0 Å². The fourth-order valence-corrected chi connectivity index (χ4v) is 2.24. The average Bonchev–Trinajstić information content (AvgIpc) is 2.73. The van der Waals surface area contributed by atoms with Crippen LogP contribution in [0.2, 0.25) is 0 Å². The standard InChI is InChI=1S/C12H22N2O4/c1-9(15)14-10(11(16)18-2)7-13-8-12(17)5-3-4-6-12/h10,13,17H,3-8H2,1-2H3,(H,14,15). The summed E-state index contributed by atoms with van der Waals surface area (Å²) in [5, 5.41) is 15.6. The third-order valence-electron chi connectivity index (χ3n) is 3.20. The molecular weight excluding hydrogens is 236 g/mol. The van der Waals surface area contributed by atoms with E-state index >= 15 is 0 Å². The lowest BCUT2D eigenvalue weighted by Gasteiger charge is -2.24. The van der Waals surface area contributed by atoms with Gasteiger partial charge in [-0.1, -0.05) is 12.8 Å². The Morgan fingerprint density at radius 3 is 2.50 bits per heavy atom. The molecular formula is C12H22N2O4. The first kappa shape index (κ1) is 14.9. The Morgan fingerprint density at radius 2 is 2.00 bits per heavy atom.